The third-order valence-electron chi connectivity index (χ3n) is 1.98. The summed E-state index contributed by atoms with van der Waals surface area (Å²) in [4.78, 5) is 21.4. The Balaban J connectivity index is 2.80. The quantitative estimate of drug-likeness (QED) is 0.519. The summed E-state index contributed by atoms with van der Waals surface area (Å²) >= 11 is 11.2. The number of amides is 1. The molecule has 1 unspecified atom stereocenters. The average molecular weight is 196 g/mol. The topological polar surface area (TPSA) is 60.2 Å². The van der Waals surface area contributed by atoms with Crippen LogP contribution in [0.3, 0.4) is 0 Å². The highest BCUT2D eigenvalue weighted by molar-refractivity contribution is 6.56. The molecule has 0 aliphatic heterocycles. The van der Waals surface area contributed by atoms with Crippen molar-refractivity contribution in [3.05, 3.63) is 0 Å². The van der Waals surface area contributed by atoms with Gasteiger partial charge in [0, 0.05) is 0 Å². The second-order valence-electron chi connectivity index (χ2n) is 2.91. The zero-order valence-corrected chi connectivity index (χ0v) is 7.37. The second-order valence-corrected chi connectivity index (χ2v) is 4.39. The number of carbonyl (C=O) groups excluding carboxylic acids is 2. The van der Waals surface area contributed by atoms with Crippen molar-refractivity contribution in [1.82, 2.24) is 0 Å². The minimum absolute atomic E-state index is 0.297. The Morgan fingerprint density at radius 2 is 1.82 bits per heavy atom. The number of Topliss-reactive ketones (excluding diaryl/α,β-unsaturated/α-hetero) is 1. The van der Waals surface area contributed by atoms with Gasteiger partial charge in [0.25, 0.3) is 5.91 Å². The Labute approximate surface area is 73.8 Å². The Hall–Kier alpha value is -0.280. The fourth-order valence-corrected chi connectivity index (χ4v) is 1.62. The molecule has 1 atom stereocenters. The van der Waals surface area contributed by atoms with E-state index in [0.717, 1.165) is 0 Å². The van der Waals surface area contributed by atoms with E-state index in [-0.39, 0.29) is 0 Å². The molecule has 1 aliphatic carbocycles. The van der Waals surface area contributed by atoms with Crippen LogP contribution in [0.15, 0.2) is 0 Å². The van der Waals surface area contributed by atoms with Crippen LogP contribution >= 0.6 is 23.2 Å². The van der Waals surface area contributed by atoms with Crippen LogP contribution in [-0.4, -0.2) is 16.0 Å². The Kier molecular flexibility index (Phi) is 1.69. The first-order valence-corrected chi connectivity index (χ1v) is 3.79. The standard InChI is InChI=1S/C6H7Cl2NO2/c1-5(2-6(5,7)8)3(10)4(9)11/h2H2,1H3,(H2,9,11). The molecule has 0 saturated heterocycles. The lowest BCUT2D eigenvalue weighted by atomic mass is 10.0. The SMILES string of the molecule is CC1(C(=O)C(N)=O)CC1(Cl)Cl. The van der Waals surface area contributed by atoms with Gasteiger partial charge in [0.2, 0.25) is 5.78 Å². The van der Waals surface area contributed by atoms with E-state index in [1.54, 1.807) is 0 Å². The lowest BCUT2D eigenvalue weighted by Crippen LogP contribution is -2.32. The number of primary amides is 1. The first-order valence-electron chi connectivity index (χ1n) is 3.03. The number of carbonyl (C=O) groups is 2. The number of alkyl halides is 2. The third kappa shape index (κ3) is 1.12. The van der Waals surface area contributed by atoms with Gasteiger partial charge in [-0.1, -0.05) is 0 Å². The van der Waals surface area contributed by atoms with Crippen molar-refractivity contribution in [1.29, 1.82) is 0 Å². The van der Waals surface area contributed by atoms with E-state index in [4.69, 9.17) is 28.9 Å². The number of hydrogen-bond acceptors (Lipinski definition) is 2. The lowest BCUT2D eigenvalue weighted by molar-refractivity contribution is -0.138. The average Bonchev–Trinajstić information content (AvgIpc) is 2.32. The molecule has 1 rings (SSSR count). The van der Waals surface area contributed by atoms with Crippen LogP contribution < -0.4 is 5.73 Å². The zero-order valence-electron chi connectivity index (χ0n) is 5.86. The molecule has 1 amide bonds. The molecule has 0 radical (unpaired) electrons. The van der Waals surface area contributed by atoms with Crippen LogP contribution in [-0.2, 0) is 9.59 Å². The Morgan fingerprint density at radius 3 is 1.91 bits per heavy atom. The molecule has 1 aliphatic rings. The third-order valence-corrected chi connectivity index (χ3v) is 3.08. The van der Waals surface area contributed by atoms with Crippen LogP contribution in [0.1, 0.15) is 13.3 Å². The smallest absolute Gasteiger partial charge is 0.285 e. The molecule has 0 aromatic rings. The van der Waals surface area contributed by atoms with Crippen LogP contribution in [0.2, 0.25) is 0 Å². The first kappa shape index (κ1) is 8.81. The molecule has 3 nitrogen and oxygen atoms in total. The highest BCUT2D eigenvalue weighted by Gasteiger charge is 2.68. The molecule has 0 spiro atoms. The maximum Gasteiger partial charge on any atom is 0.285 e. The van der Waals surface area contributed by atoms with Gasteiger partial charge < -0.3 is 5.73 Å². The van der Waals surface area contributed by atoms with Crippen molar-refractivity contribution in [3.63, 3.8) is 0 Å². The van der Waals surface area contributed by atoms with Crippen molar-refractivity contribution >= 4 is 34.9 Å². The summed E-state index contributed by atoms with van der Waals surface area (Å²) in [5, 5.41) is 0. The van der Waals surface area contributed by atoms with Crippen LogP contribution in [0.5, 0.6) is 0 Å². The summed E-state index contributed by atoms with van der Waals surface area (Å²) in [6.07, 6.45) is 0.297. The van der Waals surface area contributed by atoms with Gasteiger partial charge in [0.1, 0.15) is 4.33 Å². The monoisotopic (exact) mass is 195 g/mol. The molecule has 5 heteroatoms. The lowest BCUT2D eigenvalue weighted by Gasteiger charge is -2.06. The first-order chi connectivity index (χ1) is 4.81. The summed E-state index contributed by atoms with van der Waals surface area (Å²) in [5.74, 6) is -1.67. The van der Waals surface area contributed by atoms with Gasteiger partial charge in [-0.25, -0.2) is 0 Å². The molecule has 0 aromatic carbocycles. The highest BCUT2D eigenvalue weighted by Crippen LogP contribution is 2.64. The molecule has 11 heavy (non-hydrogen) atoms. The van der Waals surface area contributed by atoms with Gasteiger partial charge in [-0.3, -0.25) is 9.59 Å². The van der Waals surface area contributed by atoms with Crippen LogP contribution in [0.4, 0.5) is 0 Å². The van der Waals surface area contributed by atoms with Gasteiger partial charge in [-0.15, -0.1) is 23.2 Å². The summed E-state index contributed by atoms with van der Waals surface area (Å²) in [7, 11) is 0. The van der Waals surface area contributed by atoms with Crippen molar-refractivity contribution in [3.8, 4) is 0 Å². The summed E-state index contributed by atoms with van der Waals surface area (Å²) in [6.45, 7) is 1.53. The maximum absolute atomic E-state index is 11.0. The zero-order chi connectivity index (χ0) is 8.86. The largest absolute Gasteiger partial charge is 0.363 e. The normalized spacial score (nSPS) is 33.0. The van der Waals surface area contributed by atoms with Crippen LogP contribution in [0.25, 0.3) is 0 Å². The van der Waals surface area contributed by atoms with E-state index < -0.39 is 21.4 Å². The maximum atomic E-state index is 11.0. The Bertz CT molecular complexity index is 239. The molecule has 62 valence electrons. The predicted molar refractivity (Wildman–Crippen MR) is 41.4 cm³/mol. The minimum atomic E-state index is -1.10. The predicted octanol–water partition coefficient (Wildman–Crippen LogP) is 0.625. The molecule has 0 bridgehead atoms. The molecule has 0 heterocycles. The number of ketones is 1. The number of halogens is 2. The van der Waals surface area contributed by atoms with E-state index >= 15 is 0 Å². The van der Waals surface area contributed by atoms with E-state index in [1.165, 1.54) is 6.92 Å². The van der Waals surface area contributed by atoms with Gasteiger partial charge in [0.15, 0.2) is 0 Å². The fraction of sp³-hybridized carbons (Fsp3) is 0.667. The molecule has 2 N–H and O–H groups in total. The van der Waals surface area contributed by atoms with E-state index in [0.29, 0.717) is 6.42 Å². The van der Waals surface area contributed by atoms with Gasteiger partial charge in [-0.05, 0) is 13.3 Å². The number of rotatable bonds is 2. The molecule has 1 fully saturated rings. The fourth-order valence-electron chi connectivity index (χ4n) is 0.918. The van der Waals surface area contributed by atoms with Crippen molar-refractivity contribution in [2.24, 2.45) is 11.1 Å². The van der Waals surface area contributed by atoms with E-state index in [9.17, 15) is 9.59 Å². The Morgan fingerprint density at radius 1 is 1.45 bits per heavy atom. The van der Waals surface area contributed by atoms with Gasteiger partial charge >= 0.3 is 0 Å². The van der Waals surface area contributed by atoms with Crippen LogP contribution in [0, 0.1) is 5.41 Å². The minimum Gasteiger partial charge on any atom is -0.363 e. The summed E-state index contributed by atoms with van der Waals surface area (Å²) in [6, 6.07) is 0. The van der Waals surface area contributed by atoms with Crippen molar-refractivity contribution in [2.75, 3.05) is 0 Å². The molecule has 1 saturated carbocycles. The summed E-state index contributed by atoms with van der Waals surface area (Å²) < 4.78 is -1.10. The number of nitrogens with two attached hydrogens (primary N) is 1. The van der Waals surface area contributed by atoms with E-state index in [1.807, 2.05) is 0 Å². The number of hydrogen-bond donors (Lipinski definition) is 1. The summed E-state index contributed by atoms with van der Waals surface area (Å²) in [5.41, 5.74) is 3.82. The molecular weight excluding hydrogens is 189 g/mol. The van der Waals surface area contributed by atoms with Crippen molar-refractivity contribution < 1.29 is 9.59 Å². The van der Waals surface area contributed by atoms with Gasteiger partial charge in [-0.2, -0.15) is 0 Å². The molecule has 0 aromatic heterocycles. The highest BCUT2D eigenvalue weighted by atomic mass is 35.5. The van der Waals surface area contributed by atoms with Gasteiger partial charge in [0.05, 0.1) is 5.41 Å². The second kappa shape index (κ2) is 2.11. The van der Waals surface area contributed by atoms with Crippen molar-refractivity contribution in [2.45, 2.75) is 17.7 Å². The van der Waals surface area contributed by atoms with E-state index in [2.05, 4.69) is 0 Å². The molecular formula is C6H7Cl2NO2.